The first-order valence-corrected chi connectivity index (χ1v) is 7.04. The van der Waals surface area contributed by atoms with E-state index in [0.29, 0.717) is 6.54 Å². The Morgan fingerprint density at radius 2 is 2.00 bits per heavy atom. The first-order chi connectivity index (χ1) is 7.54. The molecule has 2 nitrogen and oxygen atoms in total. The van der Waals surface area contributed by atoms with E-state index in [1.807, 2.05) is 11.3 Å². The van der Waals surface area contributed by atoms with E-state index in [-0.39, 0.29) is 5.41 Å². The quantitative estimate of drug-likeness (QED) is 0.877. The molecular weight excluding hydrogens is 216 g/mol. The van der Waals surface area contributed by atoms with Gasteiger partial charge in [-0.2, -0.15) is 0 Å². The summed E-state index contributed by atoms with van der Waals surface area (Å²) in [6.45, 7) is 7.23. The summed E-state index contributed by atoms with van der Waals surface area (Å²) < 4.78 is 0. The third-order valence-electron chi connectivity index (χ3n) is 3.67. The lowest BCUT2D eigenvalue weighted by Gasteiger charge is -2.20. The number of hydrogen-bond donors (Lipinski definition) is 1. The smallest absolute Gasteiger partial charge is 0.0962 e. The van der Waals surface area contributed by atoms with Gasteiger partial charge in [-0.1, -0.05) is 26.7 Å². The van der Waals surface area contributed by atoms with E-state index < -0.39 is 0 Å². The SMILES string of the molecule is Cc1sc(C2CCCC2)nc1C(C)(C)CN. The molecule has 1 saturated carbocycles. The molecule has 1 fully saturated rings. The third kappa shape index (κ3) is 2.16. The molecular formula is C13H22N2S. The van der Waals surface area contributed by atoms with Crippen LogP contribution >= 0.6 is 11.3 Å². The van der Waals surface area contributed by atoms with Crippen LogP contribution in [0.25, 0.3) is 0 Å². The van der Waals surface area contributed by atoms with Crippen molar-refractivity contribution in [3.63, 3.8) is 0 Å². The summed E-state index contributed by atoms with van der Waals surface area (Å²) in [7, 11) is 0. The molecule has 1 aromatic heterocycles. The minimum absolute atomic E-state index is 0.0252. The third-order valence-corrected chi connectivity index (χ3v) is 4.80. The van der Waals surface area contributed by atoms with Gasteiger partial charge in [-0.05, 0) is 19.8 Å². The molecule has 0 saturated heterocycles. The zero-order valence-electron chi connectivity index (χ0n) is 10.5. The lowest BCUT2D eigenvalue weighted by Crippen LogP contribution is -2.29. The topological polar surface area (TPSA) is 38.9 Å². The summed E-state index contributed by atoms with van der Waals surface area (Å²) in [5.74, 6) is 0.728. The van der Waals surface area contributed by atoms with Crippen LogP contribution in [0.3, 0.4) is 0 Å². The highest BCUT2D eigenvalue weighted by atomic mass is 32.1. The van der Waals surface area contributed by atoms with E-state index in [4.69, 9.17) is 10.7 Å². The van der Waals surface area contributed by atoms with Crippen LogP contribution in [0.2, 0.25) is 0 Å². The molecule has 1 heterocycles. The van der Waals surface area contributed by atoms with Crippen molar-refractivity contribution >= 4 is 11.3 Å². The van der Waals surface area contributed by atoms with Gasteiger partial charge in [0.2, 0.25) is 0 Å². The first kappa shape index (κ1) is 12.1. The van der Waals surface area contributed by atoms with Gasteiger partial charge in [0.25, 0.3) is 0 Å². The molecule has 0 amide bonds. The summed E-state index contributed by atoms with van der Waals surface area (Å²) in [6, 6.07) is 0. The summed E-state index contributed by atoms with van der Waals surface area (Å²) in [6.07, 6.45) is 5.41. The van der Waals surface area contributed by atoms with Crippen molar-refractivity contribution in [1.29, 1.82) is 0 Å². The van der Waals surface area contributed by atoms with Gasteiger partial charge in [0.15, 0.2) is 0 Å². The Labute approximate surface area is 102 Å². The van der Waals surface area contributed by atoms with Crippen LogP contribution in [0.5, 0.6) is 0 Å². The van der Waals surface area contributed by atoms with E-state index in [9.17, 15) is 0 Å². The maximum atomic E-state index is 5.83. The van der Waals surface area contributed by atoms with Crippen molar-refractivity contribution in [3.8, 4) is 0 Å². The molecule has 0 aliphatic heterocycles. The minimum atomic E-state index is 0.0252. The van der Waals surface area contributed by atoms with Gasteiger partial charge in [0.1, 0.15) is 0 Å². The van der Waals surface area contributed by atoms with Gasteiger partial charge in [-0.25, -0.2) is 4.98 Å². The second-order valence-corrected chi connectivity index (χ2v) is 6.76. The number of hydrogen-bond acceptors (Lipinski definition) is 3. The molecule has 1 aliphatic carbocycles. The van der Waals surface area contributed by atoms with Crippen LogP contribution in [-0.2, 0) is 5.41 Å². The number of nitrogens with two attached hydrogens (primary N) is 1. The Bertz CT molecular complexity index is 362. The molecule has 2 N–H and O–H groups in total. The highest BCUT2D eigenvalue weighted by Gasteiger charge is 2.28. The molecule has 3 heteroatoms. The highest BCUT2D eigenvalue weighted by molar-refractivity contribution is 7.11. The molecule has 1 aromatic rings. The second kappa shape index (κ2) is 4.46. The molecule has 90 valence electrons. The van der Waals surface area contributed by atoms with Gasteiger partial charge < -0.3 is 5.73 Å². The summed E-state index contributed by atoms with van der Waals surface area (Å²) in [5.41, 5.74) is 7.08. The lowest BCUT2D eigenvalue weighted by molar-refractivity contribution is 0.518. The van der Waals surface area contributed by atoms with Crippen molar-refractivity contribution < 1.29 is 0 Å². The summed E-state index contributed by atoms with van der Waals surface area (Å²) >= 11 is 1.89. The second-order valence-electron chi connectivity index (χ2n) is 5.53. The van der Waals surface area contributed by atoms with Crippen LogP contribution in [-0.4, -0.2) is 11.5 Å². The fourth-order valence-corrected chi connectivity index (χ4v) is 3.76. The zero-order valence-corrected chi connectivity index (χ0v) is 11.4. The number of rotatable bonds is 3. The molecule has 0 aromatic carbocycles. The normalized spacial score (nSPS) is 18.2. The van der Waals surface area contributed by atoms with Crippen molar-refractivity contribution in [1.82, 2.24) is 4.98 Å². The monoisotopic (exact) mass is 238 g/mol. The molecule has 0 bridgehead atoms. The van der Waals surface area contributed by atoms with Crippen LogP contribution in [0.4, 0.5) is 0 Å². The number of aromatic nitrogens is 1. The maximum absolute atomic E-state index is 5.83. The van der Waals surface area contributed by atoms with Gasteiger partial charge in [0.05, 0.1) is 10.7 Å². The van der Waals surface area contributed by atoms with Gasteiger partial charge in [0, 0.05) is 22.8 Å². The Morgan fingerprint density at radius 1 is 1.38 bits per heavy atom. The fourth-order valence-electron chi connectivity index (χ4n) is 2.49. The van der Waals surface area contributed by atoms with Gasteiger partial charge >= 0.3 is 0 Å². The standard InChI is InChI=1S/C13H22N2S/c1-9-11(13(2,3)8-14)15-12(16-9)10-6-4-5-7-10/h10H,4-8,14H2,1-3H3. The molecule has 0 spiro atoms. The Kier molecular flexibility index (Phi) is 3.36. The Hall–Kier alpha value is -0.410. The van der Waals surface area contributed by atoms with E-state index in [1.54, 1.807) is 0 Å². The van der Waals surface area contributed by atoms with E-state index >= 15 is 0 Å². The van der Waals surface area contributed by atoms with Gasteiger partial charge in [-0.15, -0.1) is 11.3 Å². The van der Waals surface area contributed by atoms with E-state index in [1.165, 1.54) is 41.3 Å². The Balaban J connectivity index is 2.27. The number of aryl methyl sites for hydroxylation is 1. The number of thiazole rings is 1. The number of nitrogens with zero attached hydrogens (tertiary/aromatic N) is 1. The van der Waals surface area contributed by atoms with Crippen LogP contribution in [0, 0.1) is 6.92 Å². The van der Waals surface area contributed by atoms with Crippen LogP contribution in [0.1, 0.15) is 61.0 Å². The molecule has 16 heavy (non-hydrogen) atoms. The van der Waals surface area contributed by atoms with Crippen molar-refractivity contribution in [2.75, 3.05) is 6.54 Å². The molecule has 0 atom stereocenters. The molecule has 0 radical (unpaired) electrons. The Morgan fingerprint density at radius 3 is 2.56 bits per heavy atom. The summed E-state index contributed by atoms with van der Waals surface area (Å²) in [5, 5.41) is 1.35. The van der Waals surface area contributed by atoms with E-state index in [2.05, 4.69) is 20.8 Å². The van der Waals surface area contributed by atoms with Crippen LogP contribution < -0.4 is 5.73 Å². The predicted molar refractivity (Wildman–Crippen MR) is 70.1 cm³/mol. The van der Waals surface area contributed by atoms with Crippen molar-refractivity contribution in [2.45, 2.75) is 57.8 Å². The fraction of sp³-hybridized carbons (Fsp3) is 0.769. The highest BCUT2D eigenvalue weighted by Crippen LogP contribution is 2.39. The van der Waals surface area contributed by atoms with Gasteiger partial charge in [-0.3, -0.25) is 0 Å². The minimum Gasteiger partial charge on any atom is -0.330 e. The lowest BCUT2D eigenvalue weighted by atomic mass is 9.89. The molecule has 0 unspecified atom stereocenters. The van der Waals surface area contributed by atoms with Crippen molar-refractivity contribution in [3.05, 3.63) is 15.6 Å². The average Bonchev–Trinajstić information content (AvgIpc) is 2.85. The molecule has 1 aliphatic rings. The summed E-state index contributed by atoms with van der Waals surface area (Å²) in [4.78, 5) is 6.23. The predicted octanol–water partition coefficient (Wildman–Crippen LogP) is 3.35. The largest absolute Gasteiger partial charge is 0.330 e. The van der Waals surface area contributed by atoms with E-state index in [0.717, 1.165) is 5.92 Å². The zero-order chi connectivity index (χ0) is 11.8. The maximum Gasteiger partial charge on any atom is 0.0962 e. The van der Waals surface area contributed by atoms with Crippen LogP contribution in [0.15, 0.2) is 0 Å². The van der Waals surface area contributed by atoms with Crippen molar-refractivity contribution in [2.24, 2.45) is 5.73 Å². The molecule has 2 rings (SSSR count). The average molecular weight is 238 g/mol. The first-order valence-electron chi connectivity index (χ1n) is 6.22.